The molecule has 1 unspecified atom stereocenters. The van der Waals surface area contributed by atoms with Crippen LogP contribution >= 0.6 is 0 Å². The number of carbonyl (C=O) groups excluding carboxylic acids is 1. The van der Waals surface area contributed by atoms with E-state index in [0.29, 0.717) is 32.8 Å². The van der Waals surface area contributed by atoms with Crippen molar-refractivity contribution < 1.29 is 14.3 Å². The number of hydrogen-bond donors (Lipinski definition) is 1. The predicted octanol–water partition coefficient (Wildman–Crippen LogP) is 1.10. The molecule has 0 aliphatic heterocycles. The Morgan fingerprint density at radius 2 is 2.18 bits per heavy atom. The van der Waals surface area contributed by atoms with E-state index < -0.39 is 5.92 Å². The Morgan fingerprint density at radius 3 is 2.76 bits per heavy atom. The van der Waals surface area contributed by atoms with Crippen LogP contribution in [0.3, 0.4) is 0 Å². The van der Waals surface area contributed by atoms with Crippen LogP contribution in [-0.4, -0.2) is 39.4 Å². The summed E-state index contributed by atoms with van der Waals surface area (Å²) in [5.41, 5.74) is 0. The molecule has 1 atom stereocenters. The van der Waals surface area contributed by atoms with Crippen molar-refractivity contribution in [3.05, 3.63) is 0 Å². The summed E-state index contributed by atoms with van der Waals surface area (Å²) < 4.78 is 10.1. The molecule has 17 heavy (non-hydrogen) atoms. The summed E-state index contributed by atoms with van der Waals surface area (Å²) in [7, 11) is 1.62. The van der Waals surface area contributed by atoms with Crippen molar-refractivity contribution in [2.75, 3.05) is 33.5 Å². The summed E-state index contributed by atoms with van der Waals surface area (Å²) in [5, 5.41) is 11.5. The molecule has 5 nitrogen and oxygen atoms in total. The predicted molar refractivity (Wildman–Crippen MR) is 64.3 cm³/mol. The zero-order valence-electron chi connectivity index (χ0n) is 10.7. The van der Waals surface area contributed by atoms with E-state index in [1.54, 1.807) is 7.11 Å². The Labute approximate surface area is 103 Å². The van der Waals surface area contributed by atoms with Gasteiger partial charge in [-0.15, -0.1) is 0 Å². The summed E-state index contributed by atoms with van der Waals surface area (Å²) >= 11 is 0. The molecule has 0 fully saturated rings. The maximum atomic E-state index is 11.5. The molecular formula is C12H22N2O3. The number of nitrogens with zero attached hydrogens (tertiary/aromatic N) is 1. The Morgan fingerprint density at radius 1 is 1.41 bits per heavy atom. The maximum absolute atomic E-state index is 11.5. The van der Waals surface area contributed by atoms with Crippen molar-refractivity contribution in [1.29, 1.82) is 5.26 Å². The molecule has 1 amide bonds. The minimum atomic E-state index is -0.519. The third-order valence-corrected chi connectivity index (χ3v) is 2.25. The fourth-order valence-electron chi connectivity index (χ4n) is 1.30. The van der Waals surface area contributed by atoms with Crippen LogP contribution in [0.1, 0.15) is 26.2 Å². The molecule has 5 heteroatoms. The molecule has 0 radical (unpaired) electrons. The number of nitriles is 1. The van der Waals surface area contributed by atoms with E-state index in [1.165, 1.54) is 0 Å². The van der Waals surface area contributed by atoms with Gasteiger partial charge in [-0.3, -0.25) is 4.79 Å². The van der Waals surface area contributed by atoms with Gasteiger partial charge >= 0.3 is 0 Å². The second kappa shape index (κ2) is 11.4. The molecule has 0 heterocycles. The van der Waals surface area contributed by atoms with Crippen LogP contribution in [0.5, 0.6) is 0 Å². The quantitative estimate of drug-likeness (QED) is 0.582. The lowest BCUT2D eigenvalue weighted by molar-refractivity contribution is -0.123. The lowest BCUT2D eigenvalue weighted by Gasteiger charge is -2.09. The largest absolute Gasteiger partial charge is 0.382 e. The molecule has 0 spiro atoms. The highest BCUT2D eigenvalue weighted by molar-refractivity contribution is 5.80. The first-order chi connectivity index (χ1) is 8.26. The fourth-order valence-corrected chi connectivity index (χ4v) is 1.30. The van der Waals surface area contributed by atoms with Gasteiger partial charge in [0.25, 0.3) is 0 Å². The van der Waals surface area contributed by atoms with E-state index in [0.717, 1.165) is 12.8 Å². The standard InChI is InChI=1S/C12H22N2O3/c1-3-5-11(10-13)12(15)14-6-4-7-17-9-8-16-2/h11H,3-9H2,1-2H3,(H,14,15). The van der Waals surface area contributed by atoms with Crippen LogP contribution in [0.25, 0.3) is 0 Å². The lowest BCUT2D eigenvalue weighted by Crippen LogP contribution is -2.31. The number of methoxy groups -OCH3 is 1. The van der Waals surface area contributed by atoms with E-state index in [4.69, 9.17) is 14.7 Å². The van der Waals surface area contributed by atoms with Crippen LogP contribution in [0.4, 0.5) is 0 Å². The topological polar surface area (TPSA) is 71.4 Å². The Balaban J connectivity index is 3.47. The Hall–Kier alpha value is -1.12. The highest BCUT2D eigenvalue weighted by Gasteiger charge is 2.15. The Bertz CT molecular complexity index is 238. The highest BCUT2D eigenvalue weighted by atomic mass is 16.5. The van der Waals surface area contributed by atoms with E-state index in [2.05, 4.69) is 5.32 Å². The average Bonchev–Trinajstić information content (AvgIpc) is 2.34. The van der Waals surface area contributed by atoms with Gasteiger partial charge in [-0.1, -0.05) is 13.3 Å². The minimum absolute atomic E-state index is 0.175. The maximum Gasteiger partial charge on any atom is 0.237 e. The molecule has 0 bridgehead atoms. The number of ether oxygens (including phenoxy) is 2. The summed E-state index contributed by atoms with van der Waals surface area (Å²) in [6, 6.07) is 2.01. The number of hydrogen-bond acceptors (Lipinski definition) is 4. The van der Waals surface area contributed by atoms with Crippen LogP contribution in [-0.2, 0) is 14.3 Å². The van der Waals surface area contributed by atoms with Crippen LogP contribution in [0, 0.1) is 17.2 Å². The molecule has 98 valence electrons. The molecule has 0 aliphatic carbocycles. The van der Waals surface area contributed by atoms with Gasteiger partial charge in [0.1, 0.15) is 5.92 Å². The van der Waals surface area contributed by atoms with Crippen LogP contribution in [0.2, 0.25) is 0 Å². The smallest absolute Gasteiger partial charge is 0.237 e. The first-order valence-corrected chi connectivity index (χ1v) is 6.00. The number of rotatable bonds is 10. The van der Waals surface area contributed by atoms with Gasteiger partial charge in [-0.05, 0) is 12.8 Å². The van der Waals surface area contributed by atoms with E-state index in [9.17, 15) is 4.79 Å². The third kappa shape index (κ3) is 8.66. The van der Waals surface area contributed by atoms with Gasteiger partial charge in [0.15, 0.2) is 0 Å². The third-order valence-electron chi connectivity index (χ3n) is 2.25. The zero-order chi connectivity index (χ0) is 12.9. The normalized spacial score (nSPS) is 11.8. The van der Waals surface area contributed by atoms with Gasteiger partial charge in [0.05, 0.1) is 19.3 Å². The number of carbonyl (C=O) groups is 1. The second-order valence-corrected chi connectivity index (χ2v) is 3.72. The molecular weight excluding hydrogens is 220 g/mol. The van der Waals surface area contributed by atoms with Crippen LogP contribution in [0.15, 0.2) is 0 Å². The van der Waals surface area contributed by atoms with Crippen LogP contribution < -0.4 is 5.32 Å². The van der Waals surface area contributed by atoms with E-state index in [1.807, 2.05) is 13.0 Å². The van der Waals surface area contributed by atoms with E-state index >= 15 is 0 Å². The van der Waals surface area contributed by atoms with Gasteiger partial charge in [0, 0.05) is 20.3 Å². The van der Waals surface area contributed by atoms with Crippen molar-refractivity contribution >= 4 is 5.91 Å². The SMILES string of the molecule is CCCC(C#N)C(=O)NCCCOCCOC. The van der Waals surface area contributed by atoms with Gasteiger partial charge in [0.2, 0.25) is 5.91 Å². The van der Waals surface area contributed by atoms with Crippen molar-refractivity contribution in [2.24, 2.45) is 5.92 Å². The summed E-state index contributed by atoms with van der Waals surface area (Å²) in [4.78, 5) is 11.5. The first kappa shape index (κ1) is 15.9. The van der Waals surface area contributed by atoms with Gasteiger partial charge < -0.3 is 14.8 Å². The van der Waals surface area contributed by atoms with Crippen molar-refractivity contribution in [3.63, 3.8) is 0 Å². The monoisotopic (exact) mass is 242 g/mol. The molecule has 1 N–H and O–H groups in total. The molecule has 0 rings (SSSR count). The van der Waals surface area contributed by atoms with Gasteiger partial charge in [-0.25, -0.2) is 0 Å². The zero-order valence-corrected chi connectivity index (χ0v) is 10.7. The first-order valence-electron chi connectivity index (χ1n) is 6.00. The summed E-state index contributed by atoms with van der Waals surface area (Å²) in [6.07, 6.45) is 2.21. The fraction of sp³-hybridized carbons (Fsp3) is 0.833. The summed E-state index contributed by atoms with van der Waals surface area (Å²) in [5.74, 6) is -0.694. The molecule has 0 saturated heterocycles. The molecule has 0 aliphatic rings. The van der Waals surface area contributed by atoms with Crippen molar-refractivity contribution in [1.82, 2.24) is 5.32 Å². The molecule has 0 aromatic heterocycles. The van der Waals surface area contributed by atoms with Gasteiger partial charge in [-0.2, -0.15) is 5.26 Å². The van der Waals surface area contributed by atoms with E-state index in [-0.39, 0.29) is 5.91 Å². The molecule has 0 aromatic rings. The van der Waals surface area contributed by atoms with Crippen molar-refractivity contribution in [2.45, 2.75) is 26.2 Å². The second-order valence-electron chi connectivity index (χ2n) is 3.72. The molecule has 0 aromatic carbocycles. The highest BCUT2D eigenvalue weighted by Crippen LogP contribution is 2.04. The Kier molecular flexibility index (Phi) is 10.6. The average molecular weight is 242 g/mol. The number of nitrogens with one attached hydrogen (secondary N) is 1. The van der Waals surface area contributed by atoms with Crippen molar-refractivity contribution in [3.8, 4) is 6.07 Å². The summed E-state index contributed by atoms with van der Waals surface area (Å²) in [6.45, 7) is 4.25. The lowest BCUT2D eigenvalue weighted by atomic mass is 10.1. The molecule has 0 saturated carbocycles. The minimum Gasteiger partial charge on any atom is -0.382 e. The number of amides is 1.